The minimum Gasteiger partial charge on any atom is -0.303 e. The monoisotopic (exact) mass is 437 g/mol. The minimum absolute atomic E-state index is 0.0373. The molecule has 154 valence electrons. The summed E-state index contributed by atoms with van der Waals surface area (Å²) in [5.41, 5.74) is 1.22. The number of rotatable bonds is 9. The lowest BCUT2D eigenvalue weighted by Gasteiger charge is -2.24. The summed E-state index contributed by atoms with van der Waals surface area (Å²) < 4.78 is 55.3. The van der Waals surface area contributed by atoms with E-state index in [-0.39, 0.29) is 30.7 Å². The fourth-order valence-corrected chi connectivity index (χ4v) is 6.20. The average molecular weight is 438 g/mol. The Labute approximate surface area is 172 Å². The largest absolute Gasteiger partial charge is 0.303 e. The molecule has 0 aliphatic carbocycles. The Hall–Kier alpha value is -2.32. The van der Waals surface area contributed by atoms with Crippen LogP contribution >= 0.6 is 11.3 Å². The Balaban J connectivity index is 2.06. The van der Waals surface area contributed by atoms with Crippen molar-refractivity contribution in [2.75, 3.05) is 10.1 Å². The van der Waals surface area contributed by atoms with E-state index in [1.165, 1.54) is 27.8 Å². The summed E-state index contributed by atoms with van der Waals surface area (Å²) in [6, 6.07) is 11.6. The predicted octanol–water partition coefficient (Wildman–Crippen LogP) is 5.13. The molecule has 1 aromatic heterocycles. The fourth-order valence-electron chi connectivity index (χ4n) is 3.15. The summed E-state index contributed by atoms with van der Waals surface area (Å²) in [5, 5.41) is 1.53. The van der Waals surface area contributed by atoms with Crippen LogP contribution in [0.1, 0.15) is 29.5 Å². The molecule has 0 saturated carbocycles. The number of hydrogen-bond acceptors (Lipinski definition) is 4. The Morgan fingerprint density at radius 3 is 2.62 bits per heavy atom. The van der Waals surface area contributed by atoms with E-state index in [0.717, 1.165) is 21.7 Å². The van der Waals surface area contributed by atoms with Gasteiger partial charge in [0.15, 0.2) is 0 Å². The van der Waals surface area contributed by atoms with Crippen LogP contribution in [-0.2, 0) is 28.0 Å². The molecule has 0 amide bonds. The second kappa shape index (κ2) is 9.00. The van der Waals surface area contributed by atoms with E-state index in [1.54, 1.807) is 0 Å². The quantitative estimate of drug-likeness (QED) is 0.344. The van der Waals surface area contributed by atoms with Gasteiger partial charge in [-0.2, -0.15) is 0 Å². The topological polar surface area (TPSA) is 54.5 Å². The first-order valence-corrected chi connectivity index (χ1v) is 11.6. The van der Waals surface area contributed by atoms with Gasteiger partial charge in [-0.25, -0.2) is 17.2 Å². The van der Waals surface area contributed by atoms with Crippen LogP contribution < -0.4 is 4.31 Å². The van der Waals surface area contributed by atoms with Gasteiger partial charge in [-0.05, 0) is 48.1 Å². The highest BCUT2D eigenvalue weighted by Gasteiger charge is 2.26. The first-order chi connectivity index (χ1) is 13.9. The van der Waals surface area contributed by atoms with Crippen LogP contribution in [0.15, 0.2) is 42.5 Å². The van der Waals surface area contributed by atoms with Crippen molar-refractivity contribution >= 4 is 42.7 Å². The zero-order valence-electron chi connectivity index (χ0n) is 15.9. The maximum atomic E-state index is 13.7. The molecule has 0 atom stereocenters. The first-order valence-electron chi connectivity index (χ1n) is 9.13. The highest BCUT2D eigenvalue weighted by atomic mass is 32.2. The molecule has 29 heavy (non-hydrogen) atoms. The van der Waals surface area contributed by atoms with Crippen LogP contribution in [0.25, 0.3) is 10.1 Å². The molecule has 0 aliphatic rings. The van der Waals surface area contributed by atoms with E-state index in [4.69, 9.17) is 0 Å². The number of alkyl halides is 1. The van der Waals surface area contributed by atoms with E-state index < -0.39 is 22.5 Å². The fraction of sp³-hybridized carbons (Fsp3) is 0.286. The van der Waals surface area contributed by atoms with Gasteiger partial charge < -0.3 is 4.79 Å². The number of anilines is 1. The minimum atomic E-state index is -3.75. The molecule has 8 heteroatoms. The summed E-state index contributed by atoms with van der Waals surface area (Å²) >= 11 is 1.36. The van der Waals surface area contributed by atoms with Crippen molar-refractivity contribution in [2.24, 2.45) is 0 Å². The van der Waals surface area contributed by atoms with Crippen molar-refractivity contribution in [3.8, 4) is 0 Å². The normalized spacial score (nSPS) is 11.7. The van der Waals surface area contributed by atoms with E-state index in [0.29, 0.717) is 16.9 Å². The molecule has 0 bridgehead atoms. The van der Waals surface area contributed by atoms with Gasteiger partial charge in [0, 0.05) is 16.7 Å². The van der Waals surface area contributed by atoms with Crippen LogP contribution in [0.3, 0.4) is 0 Å². The lowest BCUT2D eigenvalue weighted by molar-refractivity contribution is -0.107. The number of fused-ring (bicyclic) bond motifs is 1. The summed E-state index contributed by atoms with van der Waals surface area (Å²) in [4.78, 5) is 10.6. The van der Waals surface area contributed by atoms with Crippen molar-refractivity contribution in [2.45, 2.75) is 33.0 Å². The predicted molar refractivity (Wildman–Crippen MR) is 113 cm³/mol. The molecule has 0 spiro atoms. The van der Waals surface area contributed by atoms with Crippen LogP contribution in [0.4, 0.5) is 13.8 Å². The molecule has 4 nitrogen and oxygen atoms in total. The van der Waals surface area contributed by atoms with Gasteiger partial charge in [-0.3, -0.25) is 4.31 Å². The number of sulfonamides is 1. The second-order valence-electron chi connectivity index (χ2n) is 6.72. The van der Waals surface area contributed by atoms with Crippen LogP contribution in [0, 0.1) is 12.7 Å². The number of carbonyl (C=O) groups excluding carboxylic acids is 1. The molecule has 0 fully saturated rings. The second-order valence-corrected chi connectivity index (χ2v) is 9.76. The third-order valence-corrected chi connectivity index (χ3v) is 7.88. The SMILES string of the molecule is Cc1c(N(Cc2ccc(F)c(CF)c2)S(=O)(=O)CCCC=O)sc2ccccc12. The van der Waals surface area contributed by atoms with Crippen molar-refractivity contribution in [3.05, 3.63) is 65.0 Å². The standard InChI is InChI=1S/C21H21F2NO3S2/c1-15-18-6-2-3-7-20(18)28-21(15)24(29(26,27)11-5-4-10-25)14-16-8-9-19(23)17(12-16)13-22/h2-3,6-10,12H,4-5,11,13-14H2,1H3. The summed E-state index contributed by atoms with van der Waals surface area (Å²) in [5.74, 6) is -0.842. The Bertz CT molecular complexity index is 1130. The summed E-state index contributed by atoms with van der Waals surface area (Å²) in [6.07, 6.45) is 1.06. The van der Waals surface area contributed by atoms with E-state index in [9.17, 15) is 22.0 Å². The van der Waals surface area contributed by atoms with Gasteiger partial charge in [0.1, 0.15) is 23.8 Å². The van der Waals surface area contributed by atoms with Crippen molar-refractivity contribution in [1.29, 1.82) is 0 Å². The van der Waals surface area contributed by atoms with Gasteiger partial charge in [0.05, 0.1) is 12.3 Å². The summed E-state index contributed by atoms with van der Waals surface area (Å²) in [7, 11) is -3.75. The van der Waals surface area contributed by atoms with Crippen LogP contribution in [0.5, 0.6) is 0 Å². The van der Waals surface area contributed by atoms with Crippen molar-refractivity contribution in [1.82, 2.24) is 0 Å². The van der Waals surface area contributed by atoms with Gasteiger partial charge in [-0.15, -0.1) is 11.3 Å². The average Bonchev–Trinajstić information content (AvgIpc) is 3.03. The van der Waals surface area contributed by atoms with E-state index in [1.807, 2.05) is 31.2 Å². The summed E-state index contributed by atoms with van der Waals surface area (Å²) in [6.45, 7) is 0.859. The van der Waals surface area contributed by atoms with Crippen molar-refractivity contribution < 1.29 is 22.0 Å². The Morgan fingerprint density at radius 2 is 1.93 bits per heavy atom. The van der Waals surface area contributed by atoms with Crippen LogP contribution in [-0.4, -0.2) is 20.5 Å². The maximum absolute atomic E-state index is 13.7. The smallest absolute Gasteiger partial charge is 0.236 e. The molecule has 3 aromatic rings. The Kier molecular flexibility index (Phi) is 6.64. The van der Waals surface area contributed by atoms with Crippen molar-refractivity contribution in [3.63, 3.8) is 0 Å². The number of aldehydes is 1. The molecular weight excluding hydrogens is 416 g/mol. The number of nitrogens with zero attached hydrogens (tertiary/aromatic N) is 1. The van der Waals surface area contributed by atoms with Gasteiger partial charge in [-0.1, -0.05) is 24.3 Å². The third-order valence-electron chi connectivity index (χ3n) is 4.69. The van der Waals surface area contributed by atoms with Crippen LogP contribution in [0.2, 0.25) is 0 Å². The Morgan fingerprint density at radius 1 is 1.17 bits per heavy atom. The number of halogens is 2. The zero-order chi connectivity index (χ0) is 21.0. The molecule has 0 N–H and O–H groups in total. The highest BCUT2D eigenvalue weighted by molar-refractivity contribution is 7.93. The molecule has 3 rings (SSSR count). The van der Waals surface area contributed by atoms with E-state index >= 15 is 0 Å². The number of hydrogen-bond donors (Lipinski definition) is 0. The van der Waals surface area contributed by atoms with Gasteiger partial charge in [0.2, 0.25) is 10.0 Å². The molecular formula is C21H21F2NO3S2. The highest BCUT2D eigenvalue weighted by Crippen LogP contribution is 2.39. The maximum Gasteiger partial charge on any atom is 0.236 e. The number of aryl methyl sites for hydroxylation is 1. The number of unbranched alkanes of at least 4 members (excludes halogenated alkanes) is 1. The lowest BCUT2D eigenvalue weighted by atomic mass is 10.1. The molecule has 0 unspecified atom stereocenters. The molecule has 0 saturated heterocycles. The third kappa shape index (κ3) is 4.64. The number of carbonyl (C=O) groups is 1. The zero-order valence-corrected chi connectivity index (χ0v) is 17.5. The van der Waals surface area contributed by atoms with Gasteiger partial charge in [0.25, 0.3) is 0 Å². The first kappa shape index (κ1) is 21.4. The van der Waals surface area contributed by atoms with E-state index in [2.05, 4.69) is 0 Å². The van der Waals surface area contributed by atoms with Gasteiger partial charge >= 0.3 is 0 Å². The molecule has 2 aromatic carbocycles. The number of thiophene rings is 1. The number of benzene rings is 2. The molecule has 1 heterocycles. The molecule has 0 radical (unpaired) electrons. The lowest BCUT2D eigenvalue weighted by Crippen LogP contribution is -2.32. The molecule has 0 aliphatic heterocycles.